The molecule has 2 aromatic rings. The Bertz CT molecular complexity index is 974. The average Bonchev–Trinajstić information content (AvgIpc) is 2.63. The van der Waals surface area contributed by atoms with Crippen molar-refractivity contribution in [3.05, 3.63) is 53.1 Å². The second kappa shape index (κ2) is 10.6. The van der Waals surface area contributed by atoms with Crippen LogP contribution in [0.2, 0.25) is 0 Å². The van der Waals surface area contributed by atoms with Gasteiger partial charge >= 0.3 is 7.82 Å². The molecule has 0 amide bonds. The molecule has 0 aliphatic rings. The third-order valence-corrected chi connectivity index (χ3v) is 7.23. The largest absolute Gasteiger partial charge is 0.531 e. The van der Waals surface area contributed by atoms with E-state index in [1.165, 1.54) is 16.7 Å². The van der Waals surface area contributed by atoms with Gasteiger partial charge in [0.2, 0.25) is 0 Å². The molecule has 2 aromatic carbocycles. The van der Waals surface area contributed by atoms with E-state index in [4.69, 9.17) is 13.6 Å². The first kappa shape index (κ1) is 28.6. The van der Waals surface area contributed by atoms with Crippen LogP contribution in [0.15, 0.2) is 36.4 Å². The van der Waals surface area contributed by atoms with Crippen molar-refractivity contribution in [3.63, 3.8) is 0 Å². The van der Waals surface area contributed by atoms with Crippen molar-refractivity contribution < 1.29 is 18.1 Å². The third-order valence-electron chi connectivity index (χ3n) is 5.27. The molecule has 0 aromatic heterocycles. The maximum Gasteiger partial charge on any atom is 0.531 e. The number of hydrogen-bond acceptors (Lipinski definition) is 4. The summed E-state index contributed by atoms with van der Waals surface area (Å²) in [5.74, 6) is 1.54. The van der Waals surface area contributed by atoms with E-state index < -0.39 is 19.0 Å². The number of benzene rings is 2. The van der Waals surface area contributed by atoms with Gasteiger partial charge in [0, 0.05) is 5.56 Å². The van der Waals surface area contributed by atoms with Crippen molar-refractivity contribution >= 4 is 7.82 Å². The fraction of sp³-hybridized carbons (Fsp3) is 0.586. The second-order valence-corrected chi connectivity index (χ2v) is 13.4. The second-order valence-electron chi connectivity index (χ2n) is 12.0. The Balaban J connectivity index is 2.77. The van der Waals surface area contributed by atoms with Crippen molar-refractivity contribution in [2.75, 3.05) is 0 Å². The summed E-state index contributed by atoms with van der Waals surface area (Å²) in [5, 5.41) is 0. The number of phosphoric ester groups is 1. The van der Waals surface area contributed by atoms with Crippen LogP contribution in [-0.2, 0) is 13.6 Å². The van der Waals surface area contributed by atoms with Crippen molar-refractivity contribution in [3.8, 4) is 16.9 Å². The number of rotatable bonds is 8. The Morgan fingerprint density at radius 3 is 1.53 bits per heavy atom. The van der Waals surface area contributed by atoms with Crippen molar-refractivity contribution in [1.82, 2.24) is 0 Å². The van der Waals surface area contributed by atoms with Crippen LogP contribution in [-0.4, -0.2) is 11.2 Å². The quantitative estimate of drug-likeness (QED) is 0.347. The van der Waals surface area contributed by atoms with Gasteiger partial charge in [0.1, 0.15) is 5.75 Å². The molecule has 34 heavy (non-hydrogen) atoms. The van der Waals surface area contributed by atoms with Gasteiger partial charge < -0.3 is 4.52 Å². The first-order chi connectivity index (χ1) is 15.4. The Morgan fingerprint density at radius 2 is 1.15 bits per heavy atom. The van der Waals surface area contributed by atoms with Crippen LogP contribution in [0, 0.1) is 0 Å². The molecule has 0 aliphatic heterocycles. The summed E-state index contributed by atoms with van der Waals surface area (Å²) >= 11 is 0. The maximum atomic E-state index is 13.9. The lowest BCUT2D eigenvalue weighted by molar-refractivity contribution is 0.0225. The fourth-order valence-corrected chi connectivity index (χ4v) is 5.72. The van der Waals surface area contributed by atoms with E-state index in [-0.39, 0.29) is 0 Å². The molecule has 2 rings (SSSR count). The number of phosphoric acid groups is 1. The number of hydrogen-bond donors (Lipinski definition) is 0. The zero-order valence-electron chi connectivity index (χ0n) is 23.3. The lowest BCUT2D eigenvalue weighted by Gasteiger charge is -2.31. The van der Waals surface area contributed by atoms with Gasteiger partial charge in [-0.15, -0.1) is 0 Å². The Labute approximate surface area is 208 Å². The molecule has 0 saturated carbocycles. The highest BCUT2D eigenvalue weighted by molar-refractivity contribution is 7.49. The minimum Gasteiger partial charge on any atom is -0.403 e. The summed E-state index contributed by atoms with van der Waals surface area (Å²) in [7, 11) is -3.93. The smallest absolute Gasteiger partial charge is 0.403 e. The van der Waals surface area contributed by atoms with E-state index in [0.29, 0.717) is 23.5 Å². The molecule has 0 unspecified atom stereocenters. The standard InChI is InChI=1S/C29H45O4P/c1-19(2)22-17-24(20(3)4)27(25(18-22)21(5)6)23-15-13-14-16-26(23)31-34(30,32-28(7,8)9)33-29(10,11)12/h13-21H,1-12H3. The Hall–Kier alpha value is -1.61. The summed E-state index contributed by atoms with van der Waals surface area (Å²) in [6, 6.07) is 12.4. The third kappa shape index (κ3) is 7.70. The molecular formula is C29H45O4P. The molecule has 0 N–H and O–H groups in total. The summed E-state index contributed by atoms with van der Waals surface area (Å²) in [4.78, 5) is 0. The summed E-state index contributed by atoms with van der Waals surface area (Å²) in [6.07, 6.45) is 0. The molecule has 0 aliphatic carbocycles. The van der Waals surface area contributed by atoms with Crippen molar-refractivity contribution in [2.45, 2.75) is 112 Å². The Kier molecular flexibility index (Phi) is 8.89. The van der Waals surface area contributed by atoms with E-state index in [0.717, 1.165) is 11.1 Å². The van der Waals surface area contributed by atoms with E-state index in [9.17, 15) is 4.57 Å². The highest BCUT2D eigenvalue weighted by Crippen LogP contribution is 2.57. The zero-order chi connectivity index (χ0) is 26.1. The highest BCUT2D eigenvalue weighted by atomic mass is 31.2. The lowest BCUT2D eigenvalue weighted by Crippen LogP contribution is -2.25. The van der Waals surface area contributed by atoms with Crippen molar-refractivity contribution in [2.24, 2.45) is 0 Å². The molecular weight excluding hydrogens is 443 g/mol. The van der Waals surface area contributed by atoms with Gasteiger partial charge in [0.05, 0.1) is 11.2 Å². The van der Waals surface area contributed by atoms with E-state index in [1.807, 2.05) is 65.8 Å². The van der Waals surface area contributed by atoms with Gasteiger partial charge in [-0.05, 0) is 87.6 Å². The first-order valence-electron chi connectivity index (χ1n) is 12.4. The van der Waals surface area contributed by atoms with E-state index >= 15 is 0 Å². The van der Waals surface area contributed by atoms with Gasteiger partial charge in [-0.25, -0.2) is 4.57 Å². The minimum atomic E-state index is -3.93. The topological polar surface area (TPSA) is 44.8 Å². The molecule has 0 spiro atoms. The van der Waals surface area contributed by atoms with Crippen LogP contribution in [0.3, 0.4) is 0 Å². The summed E-state index contributed by atoms with van der Waals surface area (Å²) in [6.45, 7) is 24.4. The molecule has 190 valence electrons. The lowest BCUT2D eigenvalue weighted by atomic mass is 9.81. The van der Waals surface area contributed by atoms with Crippen LogP contribution in [0.4, 0.5) is 0 Å². The fourth-order valence-electron chi connectivity index (χ4n) is 3.87. The maximum absolute atomic E-state index is 13.9. The molecule has 5 heteroatoms. The van der Waals surface area contributed by atoms with Gasteiger partial charge in [-0.3, -0.25) is 9.05 Å². The molecule has 0 heterocycles. The van der Waals surface area contributed by atoms with Gasteiger partial charge in [-0.2, -0.15) is 0 Å². The Morgan fingerprint density at radius 1 is 0.706 bits per heavy atom. The molecule has 0 bridgehead atoms. The summed E-state index contributed by atoms with van der Waals surface area (Å²) in [5.41, 5.74) is 4.47. The zero-order valence-corrected chi connectivity index (χ0v) is 24.2. The van der Waals surface area contributed by atoms with Gasteiger partial charge in [0.25, 0.3) is 0 Å². The first-order valence-corrected chi connectivity index (χ1v) is 13.9. The van der Waals surface area contributed by atoms with Crippen LogP contribution in [0.25, 0.3) is 11.1 Å². The number of para-hydroxylation sites is 1. The monoisotopic (exact) mass is 488 g/mol. The highest BCUT2D eigenvalue weighted by Gasteiger charge is 2.39. The summed E-state index contributed by atoms with van der Waals surface area (Å²) < 4.78 is 31.9. The van der Waals surface area contributed by atoms with Crippen molar-refractivity contribution in [1.29, 1.82) is 0 Å². The van der Waals surface area contributed by atoms with Gasteiger partial charge in [-0.1, -0.05) is 71.9 Å². The molecule has 0 saturated heterocycles. The average molecular weight is 489 g/mol. The van der Waals surface area contributed by atoms with E-state index in [1.54, 1.807) is 0 Å². The van der Waals surface area contributed by atoms with Crippen LogP contribution in [0.5, 0.6) is 5.75 Å². The molecule has 0 fully saturated rings. The predicted molar refractivity (Wildman–Crippen MR) is 144 cm³/mol. The molecule has 0 atom stereocenters. The van der Waals surface area contributed by atoms with Gasteiger partial charge in [0.15, 0.2) is 0 Å². The molecule has 0 radical (unpaired) electrons. The normalized spacial score (nSPS) is 13.3. The SMILES string of the molecule is CC(C)c1cc(C(C)C)c(-c2ccccc2OP(=O)(OC(C)(C)C)OC(C)(C)C)c(C(C)C)c1. The van der Waals surface area contributed by atoms with Crippen LogP contribution < -0.4 is 4.52 Å². The van der Waals surface area contributed by atoms with E-state index in [2.05, 4.69) is 53.7 Å². The van der Waals surface area contributed by atoms with Crippen LogP contribution in [0.1, 0.15) is 118 Å². The minimum absolute atomic E-state index is 0.308. The molecule has 4 nitrogen and oxygen atoms in total. The van der Waals surface area contributed by atoms with Crippen LogP contribution >= 0.6 is 7.82 Å². The predicted octanol–water partition coefficient (Wildman–Crippen LogP) is 9.84.